The molecule has 3 heteroatoms. The average molecular weight is 238 g/mol. The van der Waals surface area contributed by atoms with Crippen LogP contribution in [0.4, 0.5) is 0 Å². The van der Waals surface area contributed by atoms with E-state index in [0.717, 1.165) is 38.5 Å². The predicted octanol–water partition coefficient (Wildman–Crippen LogP) is 2.20. The first kappa shape index (κ1) is 12.9. The topological polar surface area (TPSA) is 55.1 Å². The van der Waals surface area contributed by atoms with E-state index in [2.05, 4.69) is 19.2 Å². The van der Waals surface area contributed by atoms with Gasteiger partial charge in [-0.05, 0) is 50.9 Å². The Balaban J connectivity index is 1.91. The smallest absolute Gasteiger partial charge is 0.223 e. The lowest BCUT2D eigenvalue weighted by Gasteiger charge is -2.44. The van der Waals surface area contributed by atoms with Crippen molar-refractivity contribution in [1.29, 1.82) is 0 Å². The first-order chi connectivity index (χ1) is 8.06. The van der Waals surface area contributed by atoms with Gasteiger partial charge in [0.2, 0.25) is 5.91 Å². The van der Waals surface area contributed by atoms with Crippen LogP contribution in [0.25, 0.3) is 0 Å². The molecule has 2 aliphatic carbocycles. The molecule has 0 aromatic rings. The van der Waals surface area contributed by atoms with Crippen LogP contribution in [0.3, 0.4) is 0 Å². The Hall–Kier alpha value is -0.570. The van der Waals surface area contributed by atoms with Gasteiger partial charge in [-0.3, -0.25) is 4.79 Å². The van der Waals surface area contributed by atoms with Crippen molar-refractivity contribution in [2.45, 2.75) is 70.4 Å². The van der Waals surface area contributed by atoms with Crippen molar-refractivity contribution in [3.63, 3.8) is 0 Å². The van der Waals surface area contributed by atoms with E-state index in [9.17, 15) is 4.79 Å². The van der Waals surface area contributed by atoms with Crippen molar-refractivity contribution in [2.75, 3.05) is 0 Å². The van der Waals surface area contributed by atoms with Gasteiger partial charge >= 0.3 is 0 Å². The Morgan fingerprint density at radius 2 is 2.12 bits per heavy atom. The molecular weight excluding hydrogens is 212 g/mol. The Kier molecular flexibility index (Phi) is 3.76. The minimum Gasteiger partial charge on any atom is -0.350 e. The molecule has 2 saturated carbocycles. The van der Waals surface area contributed by atoms with Gasteiger partial charge < -0.3 is 11.1 Å². The van der Waals surface area contributed by atoms with Crippen LogP contribution in [0.5, 0.6) is 0 Å². The zero-order valence-corrected chi connectivity index (χ0v) is 11.2. The molecule has 2 fully saturated rings. The van der Waals surface area contributed by atoms with E-state index >= 15 is 0 Å². The third-order valence-electron chi connectivity index (χ3n) is 4.92. The molecule has 3 unspecified atom stereocenters. The molecule has 0 saturated heterocycles. The van der Waals surface area contributed by atoms with Gasteiger partial charge in [0.25, 0.3) is 0 Å². The maximum Gasteiger partial charge on any atom is 0.223 e. The van der Waals surface area contributed by atoms with Crippen LogP contribution in [0.15, 0.2) is 0 Å². The normalized spacial score (nSPS) is 36.1. The summed E-state index contributed by atoms with van der Waals surface area (Å²) >= 11 is 0. The summed E-state index contributed by atoms with van der Waals surface area (Å²) in [6.45, 7) is 4.35. The molecule has 1 amide bonds. The molecule has 0 spiro atoms. The highest BCUT2D eigenvalue weighted by molar-refractivity contribution is 5.80. The van der Waals surface area contributed by atoms with Crippen molar-refractivity contribution in [3.05, 3.63) is 0 Å². The molecule has 98 valence electrons. The van der Waals surface area contributed by atoms with Crippen molar-refractivity contribution in [1.82, 2.24) is 5.32 Å². The second-order valence-electron chi connectivity index (χ2n) is 6.13. The van der Waals surface area contributed by atoms with Crippen LogP contribution in [0.2, 0.25) is 0 Å². The maximum atomic E-state index is 12.3. The van der Waals surface area contributed by atoms with Gasteiger partial charge in [0.1, 0.15) is 0 Å². The third-order valence-corrected chi connectivity index (χ3v) is 4.92. The molecule has 0 aromatic carbocycles. The van der Waals surface area contributed by atoms with Crippen LogP contribution in [0, 0.1) is 11.8 Å². The van der Waals surface area contributed by atoms with Crippen molar-refractivity contribution in [2.24, 2.45) is 17.6 Å². The first-order valence-electron chi connectivity index (χ1n) is 7.14. The lowest BCUT2D eigenvalue weighted by Crippen LogP contribution is -2.55. The SMILES string of the molecule is CCC1(NC(=O)C2CCC(N)CC2C)CCC1. The number of nitrogens with two attached hydrogens (primary N) is 1. The maximum absolute atomic E-state index is 12.3. The molecular formula is C14H26N2O. The van der Waals surface area contributed by atoms with Crippen LogP contribution in [-0.4, -0.2) is 17.5 Å². The minimum atomic E-state index is 0.135. The number of nitrogens with one attached hydrogen (secondary N) is 1. The van der Waals surface area contributed by atoms with Crippen molar-refractivity contribution in [3.8, 4) is 0 Å². The highest BCUT2D eigenvalue weighted by Crippen LogP contribution is 2.36. The molecule has 2 aliphatic rings. The van der Waals surface area contributed by atoms with E-state index in [1.807, 2.05) is 0 Å². The van der Waals surface area contributed by atoms with Gasteiger partial charge in [0.15, 0.2) is 0 Å². The highest BCUT2D eigenvalue weighted by atomic mass is 16.2. The fraction of sp³-hybridized carbons (Fsp3) is 0.929. The second-order valence-corrected chi connectivity index (χ2v) is 6.13. The third kappa shape index (κ3) is 2.65. The molecule has 3 atom stereocenters. The summed E-state index contributed by atoms with van der Waals surface area (Å²) in [6.07, 6.45) is 7.62. The van der Waals surface area contributed by atoms with E-state index in [4.69, 9.17) is 5.73 Å². The van der Waals surface area contributed by atoms with Gasteiger partial charge in [-0.1, -0.05) is 13.8 Å². The Morgan fingerprint density at radius 3 is 2.59 bits per heavy atom. The number of hydrogen-bond donors (Lipinski definition) is 2. The molecule has 17 heavy (non-hydrogen) atoms. The van der Waals surface area contributed by atoms with Crippen LogP contribution >= 0.6 is 0 Å². The van der Waals surface area contributed by atoms with Gasteiger partial charge in [0.05, 0.1) is 0 Å². The largest absolute Gasteiger partial charge is 0.350 e. The highest BCUT2D eigenvalue weighted by Gasteiger charge is 2.39. The lowest BCUT2D eigenvalue weighted by molar-refractivity contribution is -0.130. The molecule has 0 radical (unpaired) electrons. The minimum absolute atomic E-state index is 0.135. The zero-order chi connectivity index (χ0) is 12.5. The molecule has 3 N–H and O–H groups in total. The molecule has 0 aromatic heterocycles. The fourth-order valence-corrected chi connectivity index (χ4v) is 3.35. The van der Waals surface area contributed by atoms with Gasteiger partial charge in [-0.15, -0.1) is 0 Å². The number of hydrogen-bond acceptors (Lipinski definition) is 2. The van der Waals surface area contributed by atoms with E-state index in [1.54, 1.807) is 0 Å². The Labute approximate surface area is 105 Å². The summed E-state index contributed by atoms with van der Waals surface area (Å²) in [7, 11) is 0. The number of carbonyl (C=O) groups is 1. The summed E-state index contributed by atoms with van der Waals surface area (Å²) < 4.78 is 0. The number of rotatable bonds is 3. The molecule has 2 rings (SSSR count). The molecule has 0 heterocycles. The van der Waals surface area contributed by atoms with Crippen LogP contribution in [-0.2, 0) is 4.79 Å². The lowest BCUT2D eigenvalue weighted by atomic mass is 9.73. The molecule has 0 bridgehead atoms. The van der Waals surface area contributed by atoms with Crippen LogP contribution in [0.1, 0.15) is 58.8 Å². The summed E-state index contributed by atoms with van der Waals surface area (Å²) in [5.41, 5.74) is 6.08. The molecule has 0 aliphatic heterocycles. The van der Waals surface area contributed by atoms with Crippen molar-refractivity contribution < 1.29 is 4.79 Å². The van der Waals surface area contributed by atoms with E-state index < -0.39 is 0 Å². The second kappa shape index (κ2) is 4.97. The summed E-state index contributed by atoms with van der Waals surface area (Å²) in [4.78, 5) is 12.3. The monoisotopic (exact) mass is 238 g/mol. The number of carbonyl (C=O) groups excluding carboxylic acids is 1. The van der Waals surface area contributed by atoms with Gasteiger partial charge in [0, 0.05) is 17.5 Å². The fourth-order valence-electron chi connectivity index (χ4n) is 3.35. The standard InChI is InChI=1S/C14H26N2O/c1-3-14(7-4-8-14)16-13(17)12-6-5-11(15)9-10(12)2/h10-12H,3-9,15H2,1-2H3,(H,16,17). The quantitative estimate of drug-likeness (QED) is 0.792. The predicted molar refractivity (Wildman–Crippen MR) is 69.5 cm³/mol. The number of amides is 1. The Morgan fingerprint density at radius 1 is 1.41 bits per heavy atom. The Bertz CT molecular complexity index is 280. The van der Waals surface area contributed by atoms with E-state index in [-0.39, 0.29) is 17.4 Å². The first-order valence-corrected chi connectivity index (χ1v) is 7.14. The summed E-state index contributed by atoms with van der Waals surface area (Å²) in [5, 5.41) is 3.31. The summed E-state index contributed by atoms with van der Waals surface area (Å²) in [6, 6.07) is 0.304. The van der Waals surface area contributed by atoms with E-state index in [1.165, 1.54) is 6.42 Å². The zero-order valence-electron chi connectivity index (χ0n) is 11.2. The van der Waals surface area contributed by atoms with E-state index in [0.29, 0.717) is 12.0 Å². The molecule has 3 nitrogen and oxygen atoms in total. The van der Waals surface area contributed by atoms with Gasteiger partial charge in [-0.25, -0.2) is 0 Å². The van der Waals surface area contributed by atoms with Crippen molar-refractivity contribution >= 4 is 5.91 Å². The summed E-state index contributed by atoms with van der Waals surface area (Å²) in [5.74, 6) is 0.914. The van der Waals surface area contributed by atoms with Crippen LogP contribution < -0.4 is 11.1 Å². The van der Waals surface area contributed by atoms with Gasteiger partial charge in [-0.2, -0.15) is 0 Å². The average Bonchev–Trinajstić information content (AvgIpc) is 2.23.